The number of hydrogen-bond donors (Lipinski definition) is 3. The van der Waals surface area contributed by atoms with Gasteiger partial charge in [-0.15, -0.1) is 0 Å². The van der Waals surface area contributed by atoms with Crippen molar-refractivity contribution in [3.05, 3.63) is 29.3 Å². The van der Waals surface area contributed by atoms with Crippen molar-refractivity contribution in [2.75, 3.05) is 0 Å². The highest BCUT2D eigenvalue weighted by Crippen LogP contribution is 2.20. The minimum absolute atomic E-state index is 0.0253. The average molecular weight is 181 g/mol. The van der Waals surface area contributed by atoms with Gasteiger partial charge in [0.15, 0.2) is 0 Å². The number of benzene rings is 1. The summed E-state index contributed by atoms with van der Waals surface area (Å²) in [5, 5.41) is 17.8. The Balaban J connectivity index is 3.12. The van der Waals surface area contributed by atoms with E-state index < -0.39 is 12.0 Å². The summed E-state index contributed by atoms with van der Waals surface area (Å²) in [6.45, 7) is 1.75. The van der Waals surface area contributed by atoms with Crippen molar-refractivity contribution in [3.63, 3.8) is 0 Å². The van der Waals surface area contributed by atoms with Crippen LogP contribution in [-0.2, 0) is 4.79 Å². The topological polar surface area (TPSA) is 83.5 Å². The first-order valence-electron chi connectivity index (χ1n) is 3.80. The van der Waals surface area contributed by atoms with E-state index in [0.717, 1.165) is 5.56 Å². The molecule has 4 N–H and O–H groups in total. The van der Waals surface area contributed by atoms with Gasteiger partial charge in [0.05, 0.1) is 0 Å². The van der Waals surface area contributed by atoms with Crippen molar-refractivity contribution >= 4 is 5.97 Å². The molecule has 13 heavy (non-hydrogen) atoms. The van der Waals surface area contributed by atoms with Gasteiger partial charge in [-0.3, -0.25) is 4.79 Å². The molecular formula is C9H11NO3. The van der Waals surface area contributed by atoms with E-state index in [9.17, 15) is 4.79 Å². The molecule has 0 aliphatic rings. The third-order valence-electron chi connectivity index (χ3n) is 1.86. The first kappa shape index (κ1) is 9.54. The van der Waals surface area contributed by atoms with E-state index in [1.54, 1.807) is 13.0 Å². The van der Waals surface area contributed by atoms with Crippen LogP contribution in [0.3, 0.4) is 0 Å². The summed E-state index contributed by atoms with van der Waals surface area (Å²) in [7, 11) is 0. The van der Waals surface area contributed by atoms with Gasteiger partial charge in [0.1, 0.15) is 11.8 Å². The summed E-state index contributed by atoms with van der Waals surface area (Å²) in [6, 6.07) is 3.42. The Morgan fingerprint density at radius 1 is 1.54 bits per heavy atom. The maximum Gasteiger partial charge on any atom is 0.325 e. The predicted octanol–water partition coefficient (Wildman–Crippen LogP) is 0.785. The summed E-state index contributed by atoms with van der Waals surface area (Å²) in [5.41, 5.74) is 6.59. The van der Waals surface area contributed by atoms with Gasteiger partial charge in [-0.1, -0.05) is 6.07 Å². The number of aliphatic carboxylic acids is 1. The Morgan fingerprint density at radius 2 is 2.15 bits per heavy atom. The first-order chi connectivity index (χ1) is 6.02. The van der Waals surface area contributed by atoms with E-state index in [-0.39, 0.29) is 5.75 Å². The van der Waals surface area contributed by atoms with Crippen molar-refractivity contribution in [2.24, 2.45) is 5.73 Å². The van der Waals surface area contributed by atoms with Crippen molar-refractivity contribution in [1.82, 2.24) is 0 Å². The lowest BCUT2D eigenvalue weighted by Crippen LogP contribution is -2.21. The van der Waals surface area contributed by atoms with Crippen LogP contribution in [0, 0.1) is 6.92 Å². The summed E-state index contributed by atoms with van der Waals surface area (Å²) < 4.78 is 0. The van der Waals surface area contributed by atoms with E-state index in [0.29, 0.717) is 5.56 Å². The zero-order valence-electron chi connectivity index (χ0n) is 7.19. The molecule has 0 heterocycles. The largest absolute Gasteiger partial charge is 0.508 e. The second kappa shape index (κ2) is 3.45. The van der Waals surface area contributed by atoms with Gasteiger partial charge < -0.3 is 15.9 Å². The number of carboxylic acids is 1. The second-order valence-electron chi connectivity index (χ2n) is 2.86. The third kappa shape index (κ3) is 1.97. The molecule has 0 radical (unpaired) electrons. The van der Waals surface area contributed by atoms with Crippen LogP contribution in [0.4, 0.5) is 0 Å². The van der Waals surface area contributed by atoms with Crippen LogP contribution in [0.2, 0.25) is 0 Å². The fourth-order valence-corrected chi connectivity index (χ4v) is 1.10. The summed E-state index contributed by atoms with van der Waals surface area (Å²) in [4.78, 5) is 10.6. The molecule has 4 nitrogen and oxygen atoms in total. The smallest absolute Gasteiger partial charge is 0.325 e. The van der Waals surface area contributed by atoms with Gasteiger partial charge in [0, 0.05) is 0 Å². The molecular weight excluding hydrogens is 170 g/mol. The molecule has 1 atom stereocenters. The van der Waals surface area contributed by atoms with Crippen LogP contribution >= 0.6 is 0 Å². The van der Waals surface area contributed by atoms with Crippen molar-refractivity contribution in [2.45, 2.75) is 13.0 Å². The normalized spacial score (nSPS) is 12.5. The Morgan fingerprint density at radius 3 is 2.69 bits per heavy atom. The Hall–Kier alpha value is -1.55. The number of aromatic hydroxyl groups is 1. The average Bonchev–Trinajstić information content (AvgIpc) is 2.08. The molecule has 1 unspecified atom stereocenters. The van der Waals surface area contributed by atoms with Gasteiger partial charge in [-0.25, -0.2) is 0 Å². The van der Waals surface area contributed by atoms with E-state index >= 15 is 0 Å². The number of carbonyl (C=O) groups is 1. The summed E-state index contributed by atoms with van der Waals surface area (Å²) >= 11 is 0. The van der Waals surface area contributed by atoms with Crippen molar-refractivity contribution < 1.29 is 15.0 Å². The molecule has 0 aromatic heterocycles. The molecule has 0 spiro atoms. The van der Waals surface area contributed by atoms with Crippen LogP contribution in [0.15, 0.2) is 18.2 Å². The third-order valence-corrected chi connectivity index (χ3v) is 1.86. The highest BCUT2D eigenvalue weighted by Gasteiger charge is 2.16. The molecule has 0 bridgehead atoms. The number of rotatable bonds is 2. The van der Waals surface area contributed by atoms with E-state index in [1.165, 1.54) is 12.1 Å². The first-order valence-corrected chi connectivity index (χ1v) is 3.80. The lowest BCUT2D eigenvalue weighted by atomic mass is 10.0. The van der Waals surface area contributed by atoms with E-state index in [1.807, 2.05) is 0 Å². The summed E-state index contributed by atoms with van der Waals surface area (Å²) in [5.74, 6) is -1.08. The maximum absolute atomic E-state index is 10.6. The van der Waals surface area contributed by atoms with Crippen LogP contribution in [0.25, 0.3) is 0 Å². The zero-order chi connectivity index (χ0) is 10.0. The van der Waals surface area contributed by atoms with Gasteiger partial charge in [0.2, 0.25) is 0 Å². The SMILES string of the molecule is Cc1ccc(O)cc1C(N)C(=O)O. The molecule has 0 amide bonds. The van der Waals surface area contributed by atoms with Crippen molar-refractivity contribution in [3.8, 4) is 5.75 Å². The molecule has 0 saturated heterocycles. The molecule has 0 saturated carbocycles. The quantitative estimate of drug-likeness (QED) is 0.629. The van der Waals surface area contributed by atoms with Crippen LogP contribution in [-0.4, -0.2) is 16.2 Å². The fraction of sp³-hybridized carbons (Fsp3) is 0.222. The minimum Gasteiger partial charge on any atom is -0.508 e. The van der Waals surface area contributed by atoms with Gasteiger partial charge >= 0.3 is 5.97 Å². The molecule has 0 aliphatic heterocycles. The number of hydrogen-bond acceptors (Lipinski definition) is 3. The number of nitrogens with two attached hydrogens (primary N) is 1. The lowest BCUT2D eigenvalue weighted by Gasteiger charge is -2.10. The molecule has 1 aromatic rings. The van der Waals surface area contributed by atoms with Crippen LogP contribution < -0.4 is 5.73 Å². The number of phenolic OH excluding ortho intramolecular Hbond substituents is 1. The lowest BCUT2D eigenvalue weighted by molar-refractivity contribution is -0.138. The summed E-state index contributed by atoms with van der Waals surface area (Å²) in [6.07, 6.45) is 0. The molecule has 4 heteroatoms. The monoisotopic (exact) mass is 181 g/mol. The fourth-order valence-electron chi connectivity index (χ4n) is 1.10. The van der Waals surface area contributed by atoms with E-state index in [4.69, 9.17) is 15.9 Å². The molecule has 1 aromatic carbocycles. The van der Waals surface area contributed by atoms with Crippen LogP contribution in [0.1, 0.15) is 17.2 Å². The minimum atomic E-state index is -1.10. The Bertz CT molecular complexity index is 336. The molecule has 0 fully saturated rings. The van der Waals surface area contributed by atoms with Gasteiger partial charge in [-0.2, -0.15) is 0 Å². The van der Waals surface area contributed by atoms with E-state index in [2.05, 4.69) is 0 Å². The van der Waals surface area contributed by atoms with Gasteiger partial charge in [-0.05, 0) is 30.2 Å². The molecule has 70 valence electrons. The van der Waals surface area contributed by atoms with Crippen molar-refractivity contribution in [1.29, 1.82) is 0 Å². The van der Waals surface area contributed by atoms with Crippen LogP contribution in [0.5, 0.6) is 5.75 Å². The molecule has 1 rings (SSSR count). The highest BCUT2D eigenvalue weighted by molar-refractivity contribution is 5.76. The highest BCUT2D eigenvalue weighted by atomic mass is 16.4. The Kier molecular flexibility index (Phi) is 2.53. The number of aryl methyl sites for hydroxylation is 1. The predicted molar refractivity (Wildman–Crippen MR) is 47.4 cm³/mol. The van der Waals surface area contributed by atoms with Gasteiger partial charge in [0.25, 0.3) is 0 Å². The second-order valence-corrected chi connectivity index (χ2v) is 2.86. The molecule has 0 aliphatic carbocycles. The maximum atomic E-state index is 10.6. The number of carboxylic acid groups (broad SMARTS) is 1. The standard InChI is InChI=1S/C9H11NO3/c1-5-2-3-6(11)4-7(5)8(10)9(12)13/h2-4,8,11H,10H2,1H3,(H,12,13). The number of phenols is 1. The zero-order valence-corrected chi connectivity index (χ0v) is 7.19. The Labute approximate surface area is 75.6 Å².